The topological polar surface area (TPSA) is 71.0 Å². The SMILES string of the molecule is CC(=O)NCc1ccccc1-c1ccc([C@@H]2O[C@H](CN3CCCCC3)[C@H](C)[C@H](c3ccc(CO)cc3)O2)cc1. The Bertz CT molecular complexity index is 1220. The lowest BCUT2D eigenvalue weighted by Crippen LogP contribution is -2.45. The molecule has 2 aliphatic heterocycles. The van der Waals surface area contributed by atoms with Crippen molar-refractivity contribution in [3.05, 3.63) is 95.1 Å². The first-order valence-corrected chi connectivity index (χ1v) is 14.2. The van der Waals surface area contributed by atoms with Crippen LogP contribution in [0, 0.1) is 5.92 Å². The number of aliphatic hydroxyl groups excluding tert-OH is 1. The smallest absolute Gasteiger partial charge is 0.217 e. The minimum atomic E-state index is -0.470. The highest BCUT2D eigenvalue weighted by molar-refractivity contribution is 5.74. The van der Waals surface area contributed by atoms with Crippen molar-refractivity contribution in [2.45, 2.75) is 64.8 Å². The van der Waals surface area contributed by atoms with E-state index in [1.54, 1.807) is 0 Å². The van der Waals surface area contributed by atoms with Gasteiger partial charge in [-0.1, -0.05) is 86.1 Å². The molecule has 5 rings (SSSR count). The van der Waals surface area contributed by atoms with Crippen molar-refractivity contribution in [2.24, 2.45) is 5.92 Å². The number of nitrogens with one attached hydrogen (secondary N) is 1. The van der Waals surface area contributed by atoms with Gasteiger partial charge in [-0.2, -0.15) is 0 Å². The van der Waals surface area contributed by atoms with Gasteiger partial charge in [0, 0.05) is 31.5 Å². The molecular formula is C33H40N2O4. The number of benzene rings is 3. The minimum Gasteiger partial charge on any atom is -0.392 e. The normalized spacial score (nSPS) is 23.9. The van der Waals surface area contributed by atoms with Gasteiger partial charge in [0.05, 0.1) is 18.8 Å². The van der Waals surface area contributed by atoms with Crippen molar-refractivity contribution < 1.29 is 19.4 Å². The number of aliphatic hydroxyl groups is 1. The summed E-state index contributed by atoms with van der Waals surface area (Å²) in [5.74, 6) is 0.142. The zero-order valence-corrected chi connectivity index (χ0v) is 23.0. The monoisotopic (exact) mass is 528 g/mol. The van der Waals surface area contributed by atoms with Crippen molar-refractivity contribution >= 4 is 5.91 Å². The van der Waals surface area contributed by atoms with Crippen molar-refractivity contribution in [3.63, 3.8) is 0 Å². The first-order valence-electron chi connectivity index (χ1n) is 14.2. The molecule has 6 heteroatoms. The lowest BCUT2D eigenvalue weighted by molar-refractivity contribution is -0.276. The summed E-state index contributed by atoms with van der Waals surface area (Å²) in [5, 5.41) is 12.4. The standard InChI is InChI=1S/C33H40N2O4/c1-23-31(21-35-18-6-3-7-19-35)38-33(39-32(23)27-12-10-25(22-36)11-13-27)28-16-14-26(15-17-28)30-9-5-4-8-29(30)20-34-24(2)37/h4-5,8-17,23,31-33,36H,3,6-7,18-22H2,1-2H3,(H,34,37)/t23-,31+,32+,33+/m0/s1. The number of ether oxygens (including phenoxy) is 2. The van der Waals surface area contributed by atoms with Crippen LogP contribution in [0.4, 0.5) is 0 Å². The molecule has 2 aliphatic rings. The number of hydrogen-bond acceptors (Lipinski definition) is 5. The fourth-order valence-corrected chi connectivity index (χ4v) is 5.72. The Balaban J connectivity index is 1.39. The lowest BCUT2D eigenvalue weighted by Gasteiger charge is -2.43. The van der Waals surface area contributed by atoms with Crippen molar-refractivity contribution in [2.75, 3.05) is 19.6 Å². The maximum Gasteiger partial charge on any atom is 0.217 e. The molecule has 1 amide bonds. The molecule has 206 valence electrons. The van der Waals surface area contributed by atoms with Gasteiger partial charge in [-0.25, -0.2) is 0 Å². The van der Waals surface area contributed by atoms with Crippen LogP contribution in [0.1, 0.15) is 67.8 Å². The number of carbonyl (C=O) groups is 1. The first kappa shape index (κ1) is 27.5. The van der Waals surface area contributed by atoms with Gasteiger partial charge in [-0.05, 0) is 53.7 Å². The van der Waals surface area contributed by atoms with Gasteiger partial charge in [0.15, 0.2) is 6.29 Å². The van der Waals surface area contributed by atoms with Crippen molar-refractivity contribution in [1.82, 2.24) is 10.2 Å². The summed E-state index contributed by atoms with van der Waals surface area (Å²) < 4.78 is 13.3. The third-order valence-electron chi connectivity index (χ3n) is 8.05. The lowest BCUT2D eigenvalue weighted by atomic mass is 9.89. The highest BCUT2D eigenvalue weighted by Crippen LogP contribution is 2.42. The summed E-state index contributed by atoms with van der Waals surface area (Å²) >= 11 is 0. The van der Waals surface area contributed by atoms with Crippen LogP contribution in [-0.2, 0) is 27.4 Å². The highest BCUT2D eigenvalue weighted by atomic mass is 16.7. The molecule has 39 heavy (non-hydrogen) atoms. The number of likely N-dealkylation sites (tertiary alicyclic amines) is 1. The number of nitrogens with zero attached hydrogens (tertiary/aromatic N) is 1. The summed E-state index contributed by atoms with van der Waals surface area (Å²) in [6.45, 7) is 7.45. The van der Waals surface area contributed by atoms with E-state index in [1.165, 1.54) is 26.2 Å². The molecule has 3 aromatic rings. The van der Waals surface area contributed by atoms with E-state index >= 15 is 0 Å². The van der Waals surface area contributed by atoms with E-state index in [2.05, 4.69) is 59.6 Å². The molecular weight excluding hydrogens is 488 g/mol. The molecule has 0 saturated carbocycles. The predicted octanol–water partition coefficient (Wildman–Crippen LogP) is 5.76. The molecule has 6 nitrogen and oxygen atoms in total. The first-order chi connectivity index (χ1) is 19.0. The van der Waals surface area contributed by atoms with Crippen molar-refractivity contribution in [1.29, 1.82) is 0 Å². The molecule has 0 aliphatic carbocycles. The second-order valence-corrected chi connectivity index (χ2v) is 10.9. The second-order valence-electron chi connectivity index (χ2n) is 10.9. The molecule has 2 saturated heterocycles. The van der Waals surface area contributed by atoms with Gasteiger partial charge < -0.3 is 24.8 Å². The maximum absolute atomic E-state index is 11.5. The molecule has 0 aromatic heterocycles. The molecule has 0 unspecified atom stereocenters. The van der Waals surface area contributed by atoms with Gasteiger partial charge in [0.25, 0.3) is 0 Å². The summed E-state index contributed by atoms with van der Waals surface area (Å²) in [7, 11) is 0. The van der Waals surface area contributed by atoms with E-state index in [-0.39, 0.29) is 30.6 Å². The van der Waals surface area contributed by atoms with Crippen LogP contribution in [0.5, 0.6) is 0 Å². The maximum atomic E-state index is 11.5. The van der Waals surface area contributed by atoms with E-state index < -0.39 is 6.29 Å². The molecule has 0 radical (unpaired) electrons. The summed E-state index contributed by atoms with van der Waals surface area (Å²) in [5.41, 5.74) is 6.26. The average molecular weight is 529 g/mol. The number of carbonyl (C=O) groups excluding carboxylic acids is 1. The molecule has 0 bridgehead atoms. The number of amides is 1. The van der Waals surface area contributed by atoms with Gasteiger partial charge in [-0.15, -0.1) is 0 Å². The molecule has 3 aromatic carbocycles. The predicted molar refractivity (Wildman–Crippen MR) is 153 cm³/mol. The van der Waals surface area contributed by atoms with Gasteiger partial charge in [0.1, 0.15) is 0 Å². The molecule has 0 spiro atoms. The van der Waals surface area contributed by atoms with Crippen LogP contribution < -0.4 is 5.32 Å². The van der Waals surface area contributed by atoms with E-state index in [0.29, 0.717) is 6.54 Å². The Hall–Kier alpha value is -3.03. The Morgan fingerprint density at radius 1 is 0.923 bits per heavy atom. The molecule has 4 atom stereocenters. The Morgan fingerprint density at radius 2 is 1.62 bits per heavy atom. The fraction of sp³-hybridized carbons (Fsp3) is 0.424. The number of rotatable bonds is 8. The van der Waals surface area contributed by atoms with E-state index in [0.717, 1.165) is 53.0 Å². The number of hydrogen-bond donors (Lipinski definition) is 2. The summed E-state index contributed by atoms with van der Waals surface area (Å²) in [4.78, 5) is 14.0. The van der Waals surface area contributed by atoms with Crippen LogP contribution in [-0.4, -0.2) is 41.7 Å². The highest BCUT2D eigenvalue weighted by Gasteiger charge is 2.39. The molecule has 2 N–H and O–H groups in total. The minimum absolute atomic E-state index is 0.0327. The Morgan fingerprint density at radius 3 is 2.31 bits per heavy atom. The average Bonchev–Trinajstić information content (AvgIpc) is 2.98. The van der Waals surface area contributed by atoms with Crippen LogP contribution in [0.2, 0.25) is 0 Å². The molecule has 2 heterocycles. The van der Waals surface area contributed by atoms with Gasteiger partial charge in [-0.3, -0.25) is 4.79 Å². The zero-order valence-electron chi connectivity index (χ0n) is 23.0. The molecule has 2 fully saturated rings. The third-order valence-corrected chi connectivity index (χ3v) is 8.05. The van der Waals surface area contributed by atoms with Crippen molar-refractivity contribution in [3.8, 4) is 11.1 Å². The zero-order chi connectivity index (χ0) is 27.2. The van der Waals surface area contributed by atoms with Crippen LogP contribution in [0.25, 0.3) is 11.1 Å². The van der Waals surface area contributed by atoms with Gasteiger partial charge >= 0.3 is 0 Å². The summed E-state index contributed by atoms with van der Waals surface area (Å²) in [6.07, 6.45) is 3.27. The van der Waals surface area contributed by atoms with E-state index in [9.17, 15) is 9.90 Å². The Labute approximate surface area is 232 Å². The summed E-state index contributed by atoms with van der Waals surface area (Å²) in [6, 6.07) is 24.6. The van der Waals surface area contributed by atoms with Crippen LogP contribution in [0.15, 0.2) is 72.8 Å². The largest absolute Gasteiger partial charge is 0.392 e. The Kier molecular flexibility index (Phi) is 9.09. The second kappa shape index (κ2) is 12.9. The van der Waals surface area contributed by atoms with Crippen LogP contribution in [0.3, 0.4) is 0 Å². The van der Waals surface area contributed by atoms with E-state index in [4.69, 9.17) is 9.47 Å². The quantitative estimate of drug-likeness (QED) is 0.389. The fourth-order valence-electron chi connectivity index (χ4n) is 5.72. The third kappa shape index (κ3) is 6.76. The number of piperidine rings is 1. The van der Waals surface area contributed by atoms with Crippen LogP contribution >= 0.6 is 0 Å². The van der Waals surface area contributed by atoms with E-state index in [1.807, 2.05) is 30.3 Å². The van der Waals surface area contributed by atoms with Gasteiger partial charge in [0.2, 0.25) is 5.91 Å².